The highest BCUT2D eigenvalue weighted by Gasteiger charge is 2.22. The van der Waals surface area contributed by atoms with Crippen LogP contribution in [0.15, 0.2) is 38.6 Å². The van der Waals surface area contributed by atoms with Gasteiger partial charge in [0.25, 0.3) is 10.0 Å². The SMILES string of the molecule is CN(Cc1csc(Br)c1)S(=O)(=O)c1ccc(CO)cn1. The number of halogens is 1. The smallest absolute Gasteiger partial charge is 0.260 e. The summed E-state index contributed by atoms with van der Waals surface area (Å²) in [5.41, 5.74) is 1.49. The molecule has 0 fully saturated rings. The van der Waals surface area contributed by atoms with Crippen LogP contribution in [0.4, 0.5) is 0 Å². The molecule has 2 heterocycles. The lowest BCUT2D eigenvalue weighted by Crippen LogP contribution is -2.27. The molecular weight excluding hydrogens is 364 g/mol. The molecule has 0 amide bonds. The largest absolute Gasteiger partial charge is 0.392 e. The summed E-state index contributed by atoms with van der Waals surface area (Å²) in [5.74, 6) is 0. The molecule has 2 aromatic rings. The average Bonchev–Trinajstić information content (AvgIpc) is 2.84. The second-order valence-electron chi connectivity index (χ2n) is 4.18. The van der Waals surface area contributed by atoms with Crippen molar-refractivity contribution in [3.8, 4) is 0 Å². The molecule has 0 aromatic carbocycles. The number of aliphatic hydroxyl groups is 1. The number of thiophene rings is 1. The maximum absolute atomic E-state index is 12.3. The van der Waals surface area contributed by atoms with Crippen LogP contribution in [0.2, 0.25) is 0 Å². The predicted octanol–water partition coefficient (Wildman–Crippen LogP) is 2.22. The van der Waals surface area contributed by atoms with Gasteiger partial charge in [0.2, 0.25) is 0 Å². The summed E-state index contributed by atoms with van der Waals surface area (Å²) in [4.78, 5) is 3.89. The minimum atomic E-state index is -3.62. The lowest BCUT2D eigenvalue weighted by atomic mass is 10.3. The summed E-state index contributed by atoms with van der Waals surface area (Å²) in [6, 6.07) is 4.84. The van der Waals surface area contributed by atoms with E-state index in [0.29, 0.717) is 5.56 Å². The summed E-state index contributed by atoms with van der Waals surface area (Å²) < 4.78 is 26.9. The van der Waals surface area contributed by atoms with Gasteiger partial charge in [0.1, 0.15) is 0 Å². The molecule has 1 N–H and O–H groups in total. The first kappa shape index (κ1) is 15.6. The molecule has 0 saturated carbocycles. The van der Waals surface area contributed by atoms with E-state index in [-0.39, 0.29) is 18.2 Å². The standard InChI is InChI=1S/C12H13BrN2O3S2/c1-15(6-10-4-11(13)19-8-10)20(17,18)12-3-2-9(7-16)5-14-12/h2-5,8,16H,6-7H2,1H3. The first-order chi connectivity index (χ1) is 9.43. The number of rotatable bonds is 5. The Hall–Kier alpha value is -0.800. The maximum atomic E-state index is 12.3. The summed E-state index contributed by atoms with van der Waals surface area (Å²) >= 11 is 4.86. The fourth-order valence-electron chi connectivity index (χ4n) is 1.59. The third-order valence-electron chi connectivity index (χ3n) is 2.68. The van der Waals surface area contributed by atoms with Gasteiger partial charge in [-0.15, -0.1) is 11.3 Å². The van der Waals surface area contributed by atoms with Crippen LogP contribution in [0.3, 0.4) is 0 Å². The van der Waals surface area contributed by atoms with Crippen LogP contribution in [0.1, 0.15) is 11.1 Å². The molecule has 0 atom stereocenters. The van der Waals surface area contributed by atoms with Gasteiger partial charge in [0, 0.05) is 19.8 Å². The molecule has 2 aromatic heterocycles. The third-order valence-corrected chi connectivity index (χ3v) is 5.95. The van der Waals surface area contributed by atoms with E-state index in [9.17, 15) is 8.42 Å². The highest BCUT2D eigenvalue weighted by atomic mass is 79.9. The Labute approximate surface area is 130 Å². The van der Waals surface area contributed by atoms with Crippen molar-refractivity contribution in [1.82, 2.24) is 9.29 Å². The molecule has 0 saturated heterocycles. The summed E-state index contributed by atoms with van der Waals surface area (Å²) in [6.07, 6.45) is 1.36. The highest BCUT2D eigenvalue weighted by Crippen LogP contribution is 2.23. The van der Waals surface area contributed by atoms with Crippen molar-refractivity contribution in [2.24, 2.45) is 0 Å². The lowest BCUT2D eigenvalue weighted by Gasteiger charge is -2.15. The molecule has 20 heavy (non-hydrogen) atoms. The number of aromatic nitrogens is 1. The zero-order chi connectivity index (χ0) is 14.8. The van der Waals surface area contributed by atoms with Gasteiger partial charge in [-0.05, 0) is 44.6 Å². The van der Waals surface area contributed by atoms with E-state index in [4.69, 9.17) is 5.11 Å². The number of hydrogen-bond acceptors (Lipinski definition) is 5. The number of pyridine rings is 1. The van der Waals surface area contributed by atoms with Crippen LogP contribution in [0, 0.1) is 0 Å². The van der Waals surface area contributed by atoms with Gasteiger partial charge < -0.3 is 5.11 Å². The minimum absolute atomic E-state index is 0.0218. The van der Waals surface area contributed by atoms with Gasteiger partial charge in [0.05, 0.1) is 10.4 Å². The molecule has 0 aliphatic carbocycles. The minimum Gasteiger partial charge on any atom is -0.392 e. The zero-order valence-corrected chi connectivity index (χ0v) is 13.9. The van der Waals surface area contributed by atoms with E-state index >= 15 is 0 Å². The first-order valence-corrected chi connectivity index (χ1v) is 8.80. The maximum Gasteiger partial charge on any atom is 0.260 e. The van der Waals surface area contributed by atoms with Crippen LogP contribution in [-0.4, -0.2) is 29.9 Å². The van der Waals surface area contributed by atoms with Crippen molar-refractivity contribution in [3.63, 3.8) is 0 Å². The molecule has 2 rings (SSSR count). The second kappa shape index (κ2) is 6.31. The molecule has 108 valence electrons. The van der Waals surface area contributed by atoms with E-state index in [1.165, 1.54) is 35.0 Å². The Kier molecular flexibility index (Phi) is 4.92. The normalized spacial score (nSPS) is 12.0. The van der Waals surface area contributed by atoms with Gasteiger partial charge in [-0.1, -0.05) is 6.07 Å². The van der Waals surface area contributed by atoms with Gasteiger partial charge in [0.15, 0.2) is 5.03 Å². The molecule has 0 bridgehead atoms. The molecular formula is C12H13BrN2O3S2. The first-order valence-electron chi connectivity index (χ1n) is 5.68. The van der Waals surface area contributed by atoms with Gasteiger partial charge in [-0.25, -0.2) is 13.4 Å². The molecule has 8 heteroatoms. The molecule has 0 spiro atoms. The Morgan fingerprint density at radius 2 is 2.15 bits per heavy atom. The second-order valence-corrected chi connectivity index (χ2v) is 8.47. The van der Waals surface area contributed by atoms with Crippen molar-refractivity contribution < 1.29 is 13.5 Å². The fraction of sp³-hybridized carbons (Fsp3) is 0.250. The van der Waals surface area contributed by atoms with E-state index in [2.05, 4.69) is 20.9 Å². The Bertz CT molecular complexity index is 683. The molecule has 0 radical (unpaired) electrons. The molecule has 5 nitrogen and oxygen atoms in total. The van der Waals surface area contributed by atoms with Crippen LogP contribution in [0.5, 0.6) is 0 Å². The topological polar surface area (TPSA) is 70.5 Å². The van der Waals surface area contributed by atoms with E-state index < -0.39 is 10.0 Å². The number of sulfonamides is 1. The van der Waals surface area contributed by atoms with Crippen LogP contribution in [0.25, 0.3) is 0 Å². The van der Waals surface area contributed by atoms with Crippen LogP contribution >= 0.6 is 27.3 Å². The lowest BCUT2D eigenvalue weighted by molar-refractivity contribution is 0.281. The van der Waals surface area contributed by atoms with Crippen molar-refractivity contribution in [3.05, 3.63) is 44.7 Å². The van der Waals surface area contributed by atoms with Crippen molar-refractivity contribution in [1.29, 1.82) is 0 Å². The third kappa shape index (κ3) is 3.44. The van der Waals surface area contributed by atoms with E-state index in [1.54, 1.807) is 6.07 Å². The number of hydrogen-bond donors (Lipinski definition) is 1. The average molecular weight is 377 g/mol. The van der Waals surface area contributed by atoms with E-state index in [1.807, 2.05) is 11.4 Å². The van der Waals surface area contributed by atoms with Gasteiger partial charge >= 0.3 is 0 Å². The van der Waals surface area contributed by atoms with Crippen LogP contribution in [-0.2, 0) is 23.2 Å². The quantitative estimate of drug-likeness (QED) is 0.868. The fourth-order valence-corrected chi connectivity index (χ4v) is 3.85. The summed E-state index contributed by atoms with van der Waals surface area (Å²) in [6.45, 7) is 0.125. The monoisotopic (exact) mass is 376 g/mol. The van der Waals surface area contributed by atoms with Gasteiger partial charge in [-0.3, -0.25) is 0 Å². The predicted molar refractivity (Wildman–Crippen MR) is 80.8 cm³/mol. The van der Waals surface area contributed by atoms with Gasteiger partial charge in [-0.2, -0.15) is 4.31 Å². The Morgan fingerprint density at radius 3 is 2.65 bits per heavy atom. The summed E-state index contributed by atoms with van der Waals surface area (Å²) in [7, 11) is -2.11. The number of aliphatic hydroxyl groups excluding tert-OH is 1. The van der Waals surface area contributed by atoms with Crippen LogP contribution < -0.4 is 0 Å². The van der Waals surface area contributed by atoms with Crippen molar-refractivity contribution in [2.75, 3.05) is 7.05 Å². The zero-order valence-electron chi connectivity index (χ0n) is 10.7. The molecule has 0 unspecified atom stereocenters. The molecule has 0 aliphatic rings. The Balaban J connectivity index is 2.19. The highest BCUT2D eigenvalue weighted by molar-refractivity contribution is 9.11. The summed E-state index contributed by atoms with van der Waals surface area (Å²) in [5, 5.41) is 10.8. The molecule has 0 aliphatic heterocycles. The van der Waals surface area contributed by atoms with Crippen molar-refractivity contribution in [2.45, 2.75) is 18.2 Å². The van der Waals surface area contributed by atoms with Crippen molar-refractivity contribution >= 4 is 37.3 Å². The Morgan fingerprint density at radius 1 is 1.40 bits per heavy atom. The number of nitrogens with zero attached hydrogens (tertiary/aromatic N) is 2. The van der Waals surface area contributed by atoms with E-state index in [0.717, 1.165) is 9.35 Å².